The fourth-order valence-electron chi connectivity index (χ4n) is 4.87. The first-order chi connectivity index (χ1) is 15.8. The van der Waals surface area contributed by atoms with Crippen LogP contribution in [0.4, 0.5) is 0 Å². The molecule has 7 heteroatoms. The Balaban J connectivity index is 1.27. The first-order valence-electron chi connectivity index (χ1n) is 11.5. The fraction of sp³-hybridized carbons (Fsp3) is 0.462. The minimum atomic E-state index is -0.735. The van der Waals surface area contributed by atoms with Gasteiger partial charge in [-0.2, -0.15) is 0 Å². The average molecular weight is 453 g/mol. The molecule has 7 nitrogen and oxygen atoms in total. The van der Waals surface area contributed by atoms with E-state index in [0.717, 1.165) is 11.1 Å². The molecule has 3 saturated carbocycles. The van der Waals surface area contributed by atoms with Crippen LogP contribution in [0.1, 0.15) is 43.2 Å². The zero-order chi connectivity index (χ0) is 23.5. The zero-order valence-electron chi connectivity index (χ0n) is 19.2. The second-order valence-corrected chi connectivity index (χ2v) is 9.46. The SMILES string of the molecule is Cc1ccc(OCC(=O)NC23CCC(NC(=O)COc4ccc(C)cc4)(CC2)[C@@H](O)C3)cc1. The van der Waals surface area contributed by atoms with Crippen molar-refractivity contribution in [1.29, 1.82) is 0 Å². The Hall–Kier alpha value is -3.06. The average Bonchev–Trinajstić information content (AvgIpc) is 2.79. The summed E-state index contributed by atoms with van der Waals surface area (Å²) in [4.78, 5) is 25.1. The Morgan fingerprint density at radius 1 is 0.818 bits per heavy atom. The number of aliphatic hydroxyl groups is 1. The zero-order valence-corrected chi connectivity index (χ0v) is 19.2. The molecule has 0 radical (unpaired) electrons. The molecule has 0 aliphatic heterocycles. The summed E-state index contributed by atoms with van der Waals surface area (Å²) in [5.74, 6) is 0.832. The number of hydrogen-bond donors (Lipinski definition) is 3. The van der Waals surface area contributed by atoms with Gasteiger partial charge in [-0.3, -0.25) is 9.59 Å². The molecular formula is C26H32N2O5. The molecule has 3 fully saturated rings. The minimum absolute atomic E-state index is 0.0703. The minimum Gasteiger partial charge on any atom is -0.484 e. The molecule has 0 heterocycles. The van der Waals surface area contributed by atoms with Crippen molar-refractivity contribution in [2.24, 2.45) is 0 Å². The van der Waals surface area contributed by atoms with Gasteiger partial charge in [0, 0.05) is 5.54 Å². The Morgan fingerprint density at radius 3 is 1.73 bits per heavy atom. The third kappa shape index (κ3) is 5.47. The summed E-state index contributed by atoms with van der Waals surface area (Å²) in [5.41, 5.74) is 1.12. The van der Waals surface area contributed by atoms with Gasteiger partial charge in [0.1, 0.15) is 11.5 Å². The van der Waals surface area contributed by atoms with Crippen LogP contribution in [0.15, 0.2) is 48.5 Å². The largest absolute Gasteiger partial charge is 0.484 e. The van der Waals surface area contributed by atoms with Crippen molar-refractivity contribution in [2.75, 3.05) is 13.2 Å². The van der Waals surface area contributed by atoms with Gasteiger partial charge in [-0.15, -0.1) is 0 Å². The highest BCUT2D eigenvalue weighted by molar-refractivity contribution is 5.79. The number of benzene rings is 2. The van der Waals surface area contributed by atoms with E-state index in [1.165, 1.54) is 0 Å². The van der Waals surface area contributed by atoms with Crippen molar-refractivity contribution in [3.8, 4) is 11.5 Å². The molecule has 5 rings (SSSR count). The van der Waals surface area contributed by atoms with Gasteiger partial charge in [-0.05, 0) is 70.2 Å². The molecule has 2 bridgehead atoms. The molecule has 2 amide bonds. The number of carbonyl (C=O) groups excluding carboxylic acids is 2. The third-order valence-electron chi connectivity index (χ3n) is 6.90. The summed E-state index contributed by atoms with van der Waals surface area (Å²) < 4.78 is 11.2. The van der Waals surface area contributed by atoms with Crippen molar-refractivity contribution in [3.63, 3.8) is 0 Å². The lowest BCUT2D eigenvalue weighted by Crippen LogP contribution is -2.70. The second-order valence-electron chi connectivity index (χ2n) is 9.46. The summed E-state index contributed by atoms with van der Waals surface area (Å²) in [7, 11) is 0. The lowest BCUT2D eigenvalue weighted by molar-refractivity contribution is -0.137. The van der Waals surface area contributed by atoms with Crippen LogP contribution >= 0.6 is 0 Å². The molecule has 1 atom stereocenters. The predicted octanol–water partition coefficient (Wildman–Crippen LogP) is 2.81. The highest BCUT2D eigenvalue weighted by Gasteiger charge is 2.55. The molecule has 3 aliphatic rings. The summed E-state index contributed by atoms with van der Waals surface area (Å²) in [6.45, 7) is 3.81. The Labute approximate surface area is 194 Å². The maximum absolute atomic E-state index is 12.5. The van der Waals surface area contributed by atoms with E-state index in [2.05, 4.69) is 10.6 Å². The predicted molar refractivity (Wildman–Crippen MR) is 124 cm³/mol. The van der Waals surface area contributed by atoms with Crippen LogP contribution in [-0.2, 0) is 9.59 Å². The number of rotatable bonds is 8. The van der Waals surface area contributed by atoms with Crippen molar-refractivity contribution in [1.82, 2.24) is 10.6 Å². The molecular weight excluding hydrogens is 420 g/mol. The van der Waals surface area contributed by atoms with Gasteiger partial charge < -0.3 is 25.2 Å². The van der Waals surface area contributed by atoms with Gasteiger partial charge >= 0.3 is 0 Å². The molecule has 176 valence electrons. The van der Waals surface area contributed by atoms with E-state index < -0.39 is 17.2 Å². The van der Waals surface area contributed by atoms with E-state index in [9.17, 15) is 14.7 Å². The molecule has 0 saturated heterocycles. The quantitative estimate of drug-likeness (QED) is 0.572. The third-order valence-corrected chi connectivity index (χ3v) is 6.90. The van der Waals surface area contributed by atoms with Gasteiger partial charge in [0.15, 0.2) is 13.2 Å². The van der Waals surface area contributed by atoms with Crippen LogP contribution in [0.5, 0.6) is 11.5 Å². The molecule has 3 aliphatic carbocycles. The summed E-state index contributed by atoms with van der Waals surface area (Å²) >= 11 is 0. The highest BCUT2D eigenvalue weighted by Crippen LogP contribution is 2.47. The highest BCUT2D eigenvalue weighted by atomic mass is 16.5. The molecule has 3 N–H and O–H groups in total. The van der Waals surface area contributed by atoms with E-state index in [1.54, 1.807) is 0 Å². The topological polar surface area (TPSA) is 96.9 Å². The van der Waals surface area contributed by atoms with Crippen LogP contribution in [0.3, 0.4) is 0 Å². The molecule has 2 aromatic rings. The first-order valence-corrected chi connectivity index (χ1v) is 11.5. The maximum Gasteiger partial charge on any atom is 0.258 e. The number of fused-ring (bicyclic) bond motifs is 3. The summed E-state index contributed by atoms with van der Waals surface area (Å²) in [6, 6.07) is 15.1. The standard InChI is InChI=1S/C26H32N2O5/c1-18-3-7-20(8-4-18)32-16-23(30)27-25-11-13-26(14-12-25,22(29)15-25)28-24(31)17-33-21-9-5-19(2)6-10-21/h3-10,22,29H,11-17H2,1-2H3,(H,27,30)(H,28,31)/t22-,25?,26?/m0/s1. The second kappa shape index (κ2) is 9.43. The van der Waals surface area contributed by atoms with E-state index >= 15 is 0 Å². The van der Waals surface area contributed by atoms with Gasteiger partial charge in [0.2, 0.25) is 0 Å². The molecule has 0 spiro atoms. The van der Waals surface area contributed by atoms with Crippen molar-refractivity contribution in [3.05, 3.63) is 59.7 Å². The van der Waals surface area contributed by atoms with Crippen molar-refractivity contribution < 1.29 is 24.2 Å². The van der Waals surface area contributed by atoms with Crippen LogP contribution in [-0.4, -0.2) is 47.3 Å². The Kier molecular flexibility index (Phi) is 6.61. The smallest absolute Gasteiger partial charge is 0.258 e. The fourth-order valence-corrected chi connectivity index (χ4v) is 4.87. The number of nitrogens with one attached hydrogen (secondary N) is 2. The summed E-state index contributed by atoms with van der Waals surface area (Å²) in [6.07, 6.45) is 2.26. The number of carbonyl (C=O) groups is 2. The molecule has 0 unspecified atom stereocenters. The monoisotopic (exact) mass is 452 g/mol. The van der Waals surface area contributed by atoms with Crippen LogP contribution in [0.2, 0.25) is 0 Å². The molecule has 0 aromatic heterocycles. The number of aryl methyl sites for hydroxylation is 2. The van der Waals surface area contributed by atoms with E-state index in [-0.39, 0.29) is 25.0 Å². The molecule has 2 aromatic carbocycles. The normalized spacial score (nSPS) is 25.8. The van der Waals surface area contributed by atoms with E-state index in [1.807, 2.05) is 62.4 Å². The van der Waals surface area contributed by atoms with Crippen LogP contribution in [0.25, 0.3) is 0 Å². The van der Waals surface area contributed by atoms with Crippen molar-refractivity contribution >= 4 is 11.8 Å². The van der Waals surface area contributed by atoms with Gasteiger partial charge in [0.05, 0.1) is 11.6 Å². The maximum atomic E-state index is 12.5. The van der Waals surface area contributed by atoms with Crippen LogP contribution in [0, 0.1) is 13.8 Å². The number of aliphatic hydroxyl groups excluding tert-OH is 1. The Bertz CT molecular complexity index is 979. The number of amides is 2. The number of hydrogen-bond acceptors (Lipinski definition) is 5. The van der Waals surface area contributed by atoms with E-state index in [4.69, 9.17) is 9.47 Å². The Morgan fingerprint density at radius 2 is 1.27 bits per heavy atom. The first kappa shape index (κ1) is 23.1. The lowest BCUT2D eigenvalue weighted by Gasteiger charge is -2.56. The van der Waals surface area contributed by atoms with Gasteiger partial charge in [-0.25, -0.2) is 0 Å². The van der Waals surface area contributed by atoms with Gasteiger partial charge in [0.25, 0.3) is 11.8 Å². The van der Waals surface area contributed by atoms with Crippen LogP contribution < -0.4 is 20.1 Å². The van der Waals surface area contributed by atoms with Crippen molar-refractivity contribution in [2.45, 2.75) is 63.1 Å². The van der Waals surface area contributed by atoms with Gasteiger partial charge in [-0.1, -0.05) is 35.4 Å². The lowest BCUT2D eigenvalue weighted by atomic mass is 9.60. The summed E-state index contributed by atoms with van der Waals surface area (Å²) in [5, 5.41) is 17.0. The molecule has 33 heavy (non-hydrogen) atoms. The number of ether oxygens (including phenoxy) is 2. The van der Waals surface area contributed by atoms with E-state index in [0.29, 0.717) is 43.6 Å².